The standard InChI is InChI=1S/C39H32N2O3/c1-29(42)44-39-18-10-16-37(28-39)41(33-13-7-4-8-14-33)35-25-21-31(22-26-35)30-19-23-34(24-20-30)40(32-11-5-3-6-12-32)36-15-9-17-38(27-36)43-2/h3-28H,1-2H3. The van der Waals surface area contributed by atoms with E-state index in [-0.39, 0.29) is 5.97 Å². The van der Waals surface area contributed by atoms with Crippen molar-refractivity contribution in [3.8, 4) is 22.6 Å². The van der Waals surface area contributed by atoms with Gasteiger partial charge in [-0.05, 0) is 83.9 Å². The van der Waals surface area contributed by atoms with E-state index in [0.717, 1.165) is 51.0 Å². The lowest BCUT2D eigenvalue weighted by Gasteiger charge is -2.26. The van der Waals surface area contributed by atoms with Crippen molar-refractivity contribution in [3.05, 3.63) is 158 Å². The van der Waals surface area contributed by atoms with Crippen molar-refractivity contribution in [2.45, 2.75) is 6.92 Å². The highest BCUT2D eigenvalue weighted by Gasteiger charge is 2.15. The van der Waals surface area contributed by atoms with Crippen LogP contribution in [0.25, 0.3) is 11.1 Å². The number of carbonyl (C=O) groups is 1. The predicted molar refractivity (Wildman–Crippen MR) is 179 cm³/mol. The zero-order chi connectivity index (χ0) is 30.3. The van der Waals surface area contributed by atoms with Gasteiger partial charge in [-0.25, -0.2) is 0 Å². The summed E-state index contributed by atoms with van der Waals surface area (Å²) in [6, 6.07) is 53.2. The lowest BCUT2D eigenvalue weighted by atomic mass is 10.0. The van der Waals surface area contributed by atoms with Crippen molar-refractivity contribution >= 4 is 40.1 Å². The molecule has 44 heavy (non-hydrogen) atoms. The number of nitrogens with zero attached hydrogens (tertiary/aromatic N) is 2. The number of ether oxygens (including phenoxy) is 2. The summed E-state index contributed by atoms with van der Waals surface area (Å²) < 4.78 is 10.9. The molecule has 5 nitrogen and oxygen atoms in total. The van der Waals surface area contributed by atoms with Crippen molar-refractivity contribution in [1.29, 1.82) is 0 Å². The average molecular weight is 577 g/mol. The molecule has 0 saturated carbocycles. The number of esters is 1. The number of hydrogen-bond donors (Lipinski definition) is 0. The molecule has 0 bridgehead atoms. The molecule has 5 heteroatoms. The van der Waals surface area contributed by atoms with Crippen molar-refractivity contribution in [2.75, 3.05) is 16.9 Å². The summed E-state index contributed by atoms with van der Waals surface area (Å²) in [6.07, 6.45) is 0. The SMILES string of the molecule is COc1cccc(N(c2ccccc2)c2ccc(-c3ccc(N(c4ccccc4)c4cccc(OC(C)=O)c4)cc3)cc2)c1. The lowest BCUT2D eigenvalue weighted by molar-refractivity contribution is -0.131. The van der Waals surface area contributed by atoms with Crippen LogP contribution in [0, 0.1) is 0 Å². The van der Waals surface area contributed by atoms with E-state index in [4.69, 9.17) is 9.47 Å². The normalized spacial score (nSPS) is 10.6. The summed E-state index contributed by atoms with van der Waals surface area (Å²) >= 11 is 0. The molecule has 0 radical (unpaired) electrons. The van der Waals surface area contributed by atoms with Gasteiger partial charge in [-0.3, -0.25) is 4.79 Å². The Morgan fingerprint density at radius 3 is 1.27 bits per heavy atom. The van der Waals surface area contributed by atoms with E-state index in [1.807, 2.05) is 72.8 Å². The Hall–Kier alpha value is -5.81. The van der Waals surface area contributed by atoms with Gasteiger partial charge in [0.1, 0.15) is 11.5 Å². The van der Waals surface area contributed by atoms with Crippen LogP contribution >= 0.6 is 0 Å². The van der Waals surface area contributed by atoms with Crippen LogP contribution in [-0.4, -0.2) is 13.1 Å². The van der Waals surface area contributed by atoms with Gasteiger partial charge in [-0.15, -0.1) is 0 Å². The van der Waals surface area contributed by atoms with Gasteiger partial charge in [0, 0.05) is 53.2 Å². The van der Waals surface area contributed by atoms with E-state index < -0.39 is 0 Å². The largest absolute Gasteiger partial charge is 0.497 e. The summed E-state index contributed by atoms with van der Waals surface area (Å²) in [5, 5.41) is 0. The Balaban J connectivity index is 1.31. The second-order valence-electron chi connectivity index (χ2n) is 10.2. The molecule has 0 aliphatic rings. The fourth-order valence-electron chi connectivity index (χ4n) is 5.26. The first-order valence-corrected chi connectivity index (χ1v) is 14.4. The van der Waals surface area contributed by atoms with Crippen LogP contribution in [0.15, 0.2) is 158 Å². The molecule has 6 aromatic rings. The number of hydrogen-bond acceptors (Lipinski definition) is 5. The van der Waals surface area contributed by atoms with Crippen LogP contribution in [0.3, 0.4) is 0 Å². The zero-order valence-electron chi connectivity index (χ0n) is 24.6. The number of methoxy groups -OCH3 is 1. The number of anilines is 6. The molecule has 0 heterocycles. The molecule has 0 spiro atoms. The number of rotatable bonds is 9. The Bertz CT molecular complexity index is 1840. The van der Waals surface area contributed by atoms with E-state index in [0.29, 0.717) is 5.75 Å². The fraction of sp³-hybridized carbons (Fsp3) is 0.0513. The summed E-state index contributed by atoms with van der Waals surface area (Å²) in [7, 11) is 1.69. The average Bonchev–Trinajstić information content (AvgIpc) is 3.07. The van der Waals surface area contributed by atoms with Gasteiger partial charge in [-0.1, -0.05) is 72.8 Å². The van der Waals surface area contributed by atoms with Crippen molar-refractivity contribution in [1.82, 2.24) is 0 Å². The van der Waals surface area contributed by atoms with E-state index in [2.05, 4.69) is 88.7 Å². The maximum absolute atomic E-state index is 11.6. The molecule has 0 unspecified atom stereocenters. The van der Waals surface area contributed by atoms with Crippen LogP contribution in [0.5, 0.6) is 11.5 Å². The van der Waals surface area contributed by atoms with Crippen LogP contribution in [-0.2, 0) is 4.79 Å². The molecule has 0 aliphatic heterocycles. The van der Waals surface area contributed by atoms with E-state index >= 15 is 0 Å². The molecule has 0 N–H and O–H groups in total. The van der Waals surface area contributed by atoms with Crippen LogP contribution < -0.4 is 19.3 Å². The van der Waals surface area contributed by atoms with Crippen molar-refractivity contribution < 1.29 is 14.3 Å². The van der Waals surface area contributed by atoms with Crippen LogP contribution in [0.4, 0.5) is 34.1 Å². The third-order valence-corrected chi connectivity index (χ3v) is 7.26. The van der Waals surface area contributed by atoms with Gasteiger partial charge >= 0.3 is 5.97 Å². The monoisotopic (exact) mass is 576 g/mol. The molecule has 0 aromatic heterocycles. The number of para-hydroxylation sites is 2. The molecular formula is C39H32N2O3. The number of benzene rings is 6. The zero-order valence-corrected chi connectivity index (χ0v) is 24.6. The Kier molecular flexibility index (Phi) is 8.37. The summed E-state index contributed by atoms with van der Waals surface area (Å²) in [5.74, 6) is 0.966. The molecular weight excluding hydrogens is 544 g/mol. The maximum atomic E-state index is 11.6. The van der Waals surface area contributed by atoms with Gasteiger partial charge in [-0.2, -0.15) is 0 Å². The smallest absolute Gasteiger partial charge is 0.308 e. The molecule has 0 aliphatic carbocycles. The number of carbonyl (C=O) groups excluding carboxylic acids is 1. The van der Waals surface area contributed by atoms with Gasteiger partial charge in [0.15, 0.2) is 0 Å². The van der Waals surface area contributed by atoms with E-state index in [1.165, 1.54) is 6.92 Å². The molecule has 0 amide bonds. The predicted octanol–water partition coefficient (Wildman–Crippen LogP) is 10.2. The van der Waals surface area contributed by atoms with E-state index in [9.17, 15) is 4.79 Å². The third kappa shape index (κ3) is 6.32. The van der Waals surface area contributed by atoms with Gasteiger partial charge in [0.2, 0.25) is 0 Å². The molecule has 0 saturated heterocycles. The molecule has 6 rings (SSSR count). The lowest BCUT2D eigenvalue weighted by Crippen LogP contribution is -2.10. The van der Waals surface area contributed by atoms with Crippen molar-refractivity contribution in [3.63, 3.8) is 0 Å². The Labute approximate surface area is 258 Å². The van der Waals surface area contributed by atoms with Gasteiger partial charge in [0.25, 0.3) is 0 Å². The minimum Gasteiger partial charge on any atom is -0.497 e. The maximum Gasteiger partial charge on any atom is 0.308 e. The Morgan fingerprint density at radius 2 is 0.841 bits per heavy atom. The van der Waals surface area contributed by atoms with Gasteiger partial charge < -0.3 is 19.3 Å². The van der Waals surface area contributed by atoms with Crippen LogP contribution in [0.1, 0.15) is 6.92 Å². The molecule has 0 atom stereocenters. The molecule has 216 valence electrons. The third-order valence-electron chi connectivity index (χ3n) is 7.26. The van der Waals surface area contributed by atoms with Crippen LogP contribution in [0.2, 0.25) is 0 Å². The summed E-state index contributed by atoms with van der Waals surface area (Å²) in [4.78, 5) is 16.0. The minimum atomic E-state index is -0.348. The van der Waals surface area contributed by atoms with E-state index in [1.54, 1.807) is 13.2 Å². The molecule has 0 fully saturated rings. The quantitative estimate of drug-likeness (QED) is 0.127. The second-order valence-corrected chi connectivity index (χ2v) is 10.2. The first-order chi connectivity index (χ1) is 21.6. The highest BCUT2D eigenvalue weighted by molar-refractivity contribution is 5.81. The highest BCUT2D eigenvalue weighted by Crippen LogP contribution is 2.39. The van der Waals surface area contributed by atoms with Crippen molar-refractivity contribution in [2.24, 2.45) is 0 Å². The summed E-state index contributed by atoms with van der Waals surface area (Å²) in [6.45, 7) is 1.41. The molecule has 6 aromatic carbocycles. The minimum absolute atomic E-state index is 0.348. The summed E-state index contributed by atoms with van der Waals surface area (Å²) in [5.41, 5.74) is 8.24. The Morgan fingerprint density at radius 1 is 0.455 bits per heavy atom. The van der Waals surface area contributed by atoms with Gasteiger partial charge in [0.05, 0.1) is 7.11 Å². The second kappa shape index (κ2) is 13.0. The highest BCUT2D eigenvalue weighted by atomic mass is 16.5. The fourth-order valence-corrected chi connectivity index (χ4v) is 5.26. The topological polar surface area (TPSA) is 42.0 Å². The first kappa shape index (κ1) is 28.3. The first-order valence-electron chi connectivity index (χ1n) is 14.4.